The number of unbranched alkanes of at least 4 members (excludes halogenated alkanes) is 3. The lowest BCUT2D eigenvalue weighted by molar-refractivity contribution is -0.140. The van der Waals surface area contributed by atoms with Crippen LogP contribution in [0.2, 0.25) is 0 Å². The van der Waals surface area contributed by atoms with Crippen molar-refractivity contribution in [3.8, 4) is 11.5 Å². The number of benzene rings is 3. The first-order chi connectivity index (χ1) is 20.2. The van der Waals surface area contributed by atoms with Gasteiger partial charge in [-0.05, 0) is 85.9 Å². The number of rotatable bonds is 15. The van der Waals surface area contributed by atoms with Crippen LogP contribution in [0.4, 0.5) is 13.2 Å². The largest absolute Gasteiger partial charge is 0.493 e. The lowest BCUT2D eigenvalue weighted by atomic mass is 10.2. The monoisotopic (exact) mass is 584 g/mol. The molecule has 0 amide bonds. The average molecular weight is 585 g/mol. The van der Waals surface area contributed by atoms with Crippen LogP contribution in [-0.4, -0.2) is 43.9 Å². The summed E-state index contributed by atoms with van der Waals surface area (Å²) in [5.74, 6) is -0.969. The predicted octanol–water partition coefficient (Wildman–Crippen LogP) is 7.21. The van der Waals surface area contributed by atoms with Crippen LogP contribution in [0, 0.1) is 0 Å². The summed E-state index contributed by atoms with van der Waals surface area (Å²) in [6.07, 6.45) is 0.616. The zero-order chi connectivity index (χ0) is 30.2. The lowest BCUT2D eigenvalue weighted by Gasteiger charge is -2.09. The van der Waals surface area contributed by atoms with Crippen LogP contribution in [0.15, 0.2) is 84.9 Å². The number of carbonyl (C=O) groups is 3. The molecule has 10 heteroatoms. The number of hydrogen-bond donors (Lipinski definition) is 0. The first kappa shape index (κ1) is 31.9. The van der Waals surface area contributed by atoms with Crippen molar-refractivity contribution in [2.45, 2.75) is 38.3 Å². The van der Waals surface area contributed by atoms with Crippen molar-refractivity contribution in [1.82, 2.24) is 0 Å². The minimum absolute atomic E-state index is 0.205. The van der Waals surface area contributed by atoms with E-state index in [4.69, 9.17) is 18.9 Å². The maximum Gasteiger partial charge on any atom is 0.392 e. The van der Waals surface area contributed by atoms with E-state index in [9.17, 15) is 27.6 Å². The van der Waals surface area contributed by atoms with E-state index in [0.29, 0.717) is 24.2 Å². The first-order valence-electron chi connectivity index (χ1n) is 13.4. The normalized spacial score (nSPS) is 11.2. The molecule has 0 bridgehead atoms. The fourth-order valence-corrected chi connectivity index (χ4v) is 3.55. The van der Waals surface area contributed by atoms with E-state index in [1.165, 1.54) is 30.3 Å². The van der Waals surface area contributed by atoms with Gasteiger partial charge in [-0.3, -0.25) is 0 Å². The van der Waals surface area contributed by atoms with Gasteiger partial charge in [0.2, 0.25) is 0 Å². The van der Waals surface area contributed by atoms with Gasteiger partial charge in [0.15, 0.2) is 0 Å². The van der Waals surface area contributed by atoms with Crippen LogP contribution in [-0.2, 0) is 14.3 Å². The topological polar surface area (TPSA) is 88.1 Å². The Labute approximate surface area is 241 Å². The van der Waals surface area contributed by atoms with Gasteiger partial charge in [-0.25, -0.2) is 14.4 Å². The third-order valence-corrected chi connectivity index (χ3v) is 5.77. The molecule has 222 valence electrons. The van der Waals surface area contributed by atoms with Gasteiger partial charge in [-0.1, -0.05) is 30.3 Å². The summed E-state index contributed by atoms with van der Waals surface area (Å²) < 4.78 is 57.4. The fraction of sp³-hybridized carbons (Fsp3) is 0.281. The van der Waals surface area contributed by atoms with Crippen LogP contribution in [0.5, 0.6) is 11.5 Å². The second-order valence-corrected chi connectivity index (χ2v) is 9.11. The molecule has 0 saturated carbocycles. The zero-order valence-electron chi connectivity index (χ0n) is 22.8. The third kappa shape index (κ3) is 12.3. The van der Waals surface area contributed by atoms with E-state index >= 15 is 0 Å². The molecule has 0 atom stereocenters. The Morgan fingerprint density at radius 2 is 1.24 bits per heavy atom. The van der Waals surface area contributed by atoms with Gasteiger partial charge in [0.05, 0.1) is 37.4 Å². The molecule has 0 spiro atoms. The molecule has 42 heavy (non-hydrogen) atoms. The SMILES string of the molecule is O=C(/C=C/c1ccc(OC(=O)c2ccc(OCCC(F)(F)F)cc2)cc1)OCCCCCCOC(=O)c1ccccc1. The van der Waals surface area contributed by atoms with Gasteiger partial charge in [-0.15, -0.1) is 0 Å². The molecule has 0 aliphatic heterocycles. The average Bonchev–Trinajstić information content (AvgIpc) is 2.98. The Hall–Kier alpha value is -4.60. The third-order valence-electron chi connectivity index (χ3n) is 5.77. The number of esters is 3. The zero-order valence-corrected chi connectivity index (χ0v) is 22.8. The van der Waals surface area contributed by atoms with Gasteiger partial charge < -0.3 is 18.9 Å². The number of ether oxygens (including phenoxy) is 4. The molecule has 0 aromatic heterocycles. The van der Waals surface area contributed by atoms with Gasteiger partial charge in [-0.2, -0.15) is 13.2 Å². The molecule has 0 heterocycles. The molecule has 0 aliphatic rings. The maximum atomic E-state index is 12.3. The Kier molecular flexibility index (Phi) is 12.6. The van der Waals surface area contributed by atoms with E-state index in [2.05, 4.69) is 0 Å². The molecular weight excluding hydrogens is 553 g/mol. The molecule has 0 N–H and O–H groups in total. The molecule has 3 aromatic rings. The van der Waals surface area contributed by atoms with E-state index in [1.807, 2.05) is 6.07 Å². The summed E-state index contributed by atoms with van der Waals surface area (Å²) in [4.78, 5) is 36.2. The highest BCUT2D eigenvalue weighted by atomic mass is 19.4. The van der Waals surface area contributed by atoms with Crippen molar-refractivity contribution < 1.29 is 46.5 Å². The van der Waals surface area contributed by atoms with Crippen molar-refractivity contribution in [2.75, 3.05) is 19.8 Å². The molecule has 0 fully saturated rings. The molecule has 0 saturated heterocycles. The summed E-state index contributed by atoms with van der Waals surface area (Å²) >= 11 is 0. The van der Waals surface area contributed by atoms with E-state index < -0.39 is 31.1 Å². The van der Waals surface area contributed by atoms with Crippen LogP contribution < -0.4 is 9.47 Å². The van der Waals surface area contributed by atoms with Gasteiger partial charge in [0, 0.05) is 6.08 Å². The van der Waals surface area contributed by atoms with Crippen LogP contribution in [0.3, 0.4) is 0 Å². The first-order valence-corrected chi connectivity index (χ1v) is 13.4. The Morgan fingerprint density at radius 3 is 1.88 bits per heavy atom. The van der Waals surface area contributed by atoms with Crippen molar-refractivity contribution in [2.24, 2.45) is 0 Å². The summed E-state index contributed by atoms with van der Waals surface area (Å²) in [6, 6.07) is 20.8. The summed E-state index contributed by atoms with van der Waals surface area (Å²) in [6.45, 7) is 0.110. The number of alkyl halides is 3. The fourth-order valence-electron chi connectivity index (χ4n) is 3.55. The molecule has 0 aliphatic carbocycles. The van der Waals surface area contributed by atoms with E-state index in [0.717, 1.165) is 19.3 Å². The lowest BCUT2D eigenvalue weighted by Crippen LogP contribution is -2.13. The second-order valence-electron chi connectivity index (χ2n) is 9.11. The Balaban J connectivity index is 1.28. The van der Waals surface area contributed by atoms with Crippen molar-refractivity contribution in [3.05, 3.63) is 102 Å². The van der Waals surface area contributed by atoms with E-state index in [1.54, 1.807) is 54.6 Å². The second kappa shape index (κ2) is 16.6. The molecule has 3 rings (SSSR count). The minimum atomic E-state index is -4.30. The van der Waals surface area contributed by atoms with Gasteiger partial charge >= 0.3 is 24.1 Å². The summed E-state index contributed by atoms with van der Waals surface area (Å²) in [5, 5.41) is 0. The molecule has 7 nitrogen and oxygen atoms in total. The Morgan fingerprint density at radius 1 is 0.643 bits per heavy atom. The molecule has 0 unspecified atom stereocenters. The summed E-state index contributed by atoms with van der Waals surface area (Å²) in [5.41, 5.74) is 1.42. The smallest absolute Gasteiger partial charge is 0.392 e. The highest BCUT2D eigenvalue weighted by Crippen LogP contribution is 2.21. The van der Waals surface area contributed by atoms with Crippen LogP contribution in [0.25, 0.3) is 6.08 Å². The highest BCUT2D eigenvalue weighted by molar-refractivity contribution is 5.91. The molecule has 0 radical (unpaired) electrons. The Bertz CT molecular complexity index is 1300. The van der Waals surface area contributed by atoms with Crippen molar-refractivity contribution in [1.29, 1.82) is 0 Å². The minimum Gasteiger partial charge on any atom is -0.493 e. The maximum absolute atomic E-state index is 12.3. The van der Waals surface area contributed by atoms with Crippen molar-refractivity contribution >= 4 is 24.0 Å². The van der Waals surface area contributed by atoms with E-state index in [-0.39, 0.29) is 29.6 Å². The highest BCUT2D eigenvalue weighted by Gasteiger charge is 2.26. The number of halogens is 3. The standard InChI is InChI=1S/C32H31F3O7/c33-32(34,35)20-23-39-27-17-13-26(14-18-27)31(38)42-28-15-10-24(11-16-28)12-19-29(36)40-21-6-1-2-7-22-41-30(37)25-8-4-3-5-9-25/h3-5,8-19H,1-2,6-7,20-23H2/b19-12+. The number of hydrogen-bond acceptors (Lipinski definition) is 7. The summed E-state index contributed by atoms with van der Waals surface area (Å²) in [7, 11) is 0. The van der Waals surface area contributed by atoms with Crippen LogP contribution >= 0.6 is 0 Å². The molecular formula is C32H31F3O7. The van der Waals surface area contributed by atoms with Gasteiger partial charge in [0.1, 0.15) is 11.5 Å². The quantitative estimate of drug-likeness (QED) is 0.0807. The molecule has 3 aromatic carbocycles. The van der Waals surface area contributed by atoms with Crippen molar-refractivity contribution in [3.63, 3.8) is 0 Å². The number of carbonyl (C=O) groups excluding carboxylic acids is 3. The predicted molar refractivity (Wildman–Crippen MR) is 149 cm³/mol. The van der Waals surface area contributed by atoms with Crippen LogP contribution in [0.1, 0.15) is 58.4 Å². The van der Waals surface area contributed by atoms with Gasteiger partial charge in [0.25, 0.3) is 0 Å².